The molecule has 1 amide bonds. The maximum atomic E-state index is 12.4. The van der Waals surface area contributed by atoms with E-state index in [0.29, 0.717) is 18.9 Å². The van der Waals surface area contributed by atoms with Crippen molar-refractivity contribution in [3.63, 3.8) is 0 Å². The molecule has 6 heteroatoms. The van der Waals surface area contributed by atoms with Crippen molar-refractivity contribution in [2.45, 2.75) is 50.0 Å². The third kappa shape index (κ3) is 3.67. The Hall–Kier alpha value is -0.750. The van der Waals surface area contributed by atoms with E-state index in [9.17, 15) is 9.59 Å². The second-order valence-corrected chi connectivity index (χ2v) is 6.65. The second-order valence-electron chi connectivity index (χ2n) is 5.32. The van der Waals surface area contributed by atoms with E-state index in [0.717, 1.165) is 12.8 Å². The Bertz CT molecular complexity index is 361. The van der Waals surface area contributed by atoms with Crippen molar-refractivity contribution in [3.05, 3.63) is 0 Å². The summed E-state index contributed by atoms with van der Waals surface area (Å²) in [5.41, 5.74) is 0. The molecule has 0 bridgehead atoms. The number of carbonyl (C=O) groups excluding carboxylic acids is 2. The molecule has 2 fully saturated rings. The van der Waals surface area contributed by atoms with Crippen molar-refractivity contribution >= 4 is 23.6 Å². The van der Waals surface area contributed by atoms with Crippen LogP contribution in [0.3, 0.4) is 0 Å². The van der Waals surface area contributed by atoms with Crippen LogP contribution in [-0.4, -0.2) is 60.2 Å². The highest BCUT2D eigenvalue weighted by molar-refractivity contribution is 8.01. The summed E-state index contributed by atoms with van der Waals surface area (Å²) >= 11 is 1.34. The molecule has 2 aliphatic rings. The number of morpholine rings is 1. The van der Waals surface area contributed by atoms with E-state index in [4.69, 9.17) is 4.74 Å². The largest absolute Gasteiger partial charge is 0.468 e. The van der Waals surface area contributed by atoms with E-state index < -0.39 is 0 Å². The summed E-state index contributed by atoms with van der Waals surface area (Å²) in [6.07, 6.45) is 4.66. The number of nitrogens with zero attached hydrogens (tertiary/aromatic N) is 1. The maximum absolute atomic E-state index is 12.4. The zero-order valence-corrected chi connectivity index (χ0v) is 13.0. The summed E-state index contributed by atoms with van der Waals surface area (Å²) in [5.74, 6) is 0.172. The fraction of sp³-hybridized carbons (Fsp3) is 0.857. The Morgan fingerprint density at radius 2 is 2.15 bits per heavy atom. The maximum Gasteiger partial charge on any atom is 0.318 e. The van der Waals surface area contributed by atoms with Gasteiger partial charge in [0, 0.05) is 6.54 Å². The summed E-state index contributed by atoms with van der Waals surface area (Å²) in [6, 6.07) is 0.235. The normalized spacial score (nSPS) is 27.6. The molecule has 20 heavy (non-hydrogen) atoms. The third-order valence-corrected chi connectivity index (χ3v) is 5.15. The first kappa shape index (κ1) is 15.6. The molecule has 1 heterocycles. The van der Waals surface area contributed by atoms with Gasteiger partial charge >= 0.3 is 5.97 Å². The Morgan fingerprint density at radius 3 is 2.90 bits per heavy atom. The van der Waals surface area contributed by atoms with E-state index in [1.165, 1.54) is 31.7 Å². The quantitative estimate of drug-likeness (QED) is 0.736. The van der Waals surface area contributed by atoms with Crippen LogP contribution in [0, 0.1) is 0 Å². The number of fused-ring (bicyclic) bond motifs is 1. The van der Waals surface area contributed by atoms with Gasteiger partial charge in [0.25, 0.3) is 0 Å². The minimum absolute atomic E-state index is 0.117. The molecule has 0 aromatic carbocycles. The van der Waals surface area contributed by atoms with Crippen molar-refractivity contribution in [2.24, 2.45) is 0 Å². The summed E-state index contributed by atoms with van der Waals surface area (Å²) in [5, 5.41) is -0.299. The molecule has 0 radical (unpaired) electrons. The fourth-order valence-electron chi connectivity index (χ4n) is 2.92. The molecule has 3 unspecified atom stereocenters. The molecule has 1 aliphatic heterocycles. The molecule has 2 rings (SSSR count). The molecular weight excluding hydrogens is 278 g/mol. The molecule has 1 saturated heterocycles. The van der Waals surface area contributed by atoms with Crippen LogP contribution in [0.25, 0.3) is 0 Å². The molecule has 3 atom stereocenters. The number of ether oxygens (including phenoxy) is 2. The van der Waals surface area contributed by atoms with E-state index in [2.05, 4.69) is 4.74 Å². The summed E-state index contributed by atoms with van der Waals surface area (Å²) in [7, 11) is 1.37. The van der Waals surface area contributed by atoms with E-state index in [-0.39, 0.29) is 29.3 Å². The van der Waals surface area contributed by atoms with Crippen LogP contribution in [0.15, 0.2) is 0 Å². The number of hydrogen-bond donors (Lipinski definition) is 0. The average Bonchev–Trinajstić information content (AvgIpc) is 2.50. The number of hydrogen-bond acceptors (Lipinski definition) is 5. The number of thioether (sulfide) groups is 1. The first-order valence-electron chi connectivity index (χ1n) is 7.24. The lowest BCUT2D eigenvalue weighted by molar-refractivity contribution is -0.146. The summed E-state index contributed by atoms with van der Waals surface area (Å²) < 4.78 is 10.4. The van der Waals surface area contributed by atoms with Gasteiger partial charge in [-0.1, -0.05) is 12.8 Å². The number of esters is 1. The van der Waals surface area contributed by atoms with Crippen molar-refractivity contribution in [1.82, 2.24) is 4.90 Å². The Kier molecular flexibility index (Phi) is 5.72. The molecule has 0 aromatic rings. The molecule has 0 spiro atoms. The van der Waals surface area contributed by atoms with Gasteiger partial charge in [-0.15, -0.1) is 11.8 Å². The first-order valence-corrected chi connectivity index (χ1v) is 8.29. The van der Waals surface area contributed by atoms with E-state index >= 15 is 0 Å². The Balaban J connectivity index is 1.86. The lowest BCUT2D eigenvalue weighted by atomic mass is 9.90. The zero-order chi connectivity index (χ0) is 14.5. The SMILES string of the molecule is COC(=O)C(C)SCC(=O)N1CCOC2CCCCC21. The van der Waals surface area contributed by atoms with Crippen LogP contribution in [0.4, 0.5) is 0 Å². The van der Waals surface area contributed by atoms with E-state index in [1.54, 1.807) is 6.92 Å². The van der Waals surface area contributed by atoms with Gasteiger partial charge in [-0.3, -0.25) is 9.59 Å². The lowest BCUT2D eigenvalue weighted by Gasteiger charge is -2.43. The number of rotatable bonds is 4. The van der Waals surface area contributed by atoms with Gasteiger partial charge in [0.05, 0.1) is 31.6 Å². The highest BCUT2D eigenvalue weighted by Gasteiger charge is 2.36. The van der Waals surface area contributed by atoms with Gasteiger partial charge in [0.2, 0.25) is 5.91 Å². The lowest BCUT2D eigenvalue weighted by Crippen LogP contribution is -2.55. The summed E-state index contributed by atoms with van der Waals surface area (Å²) in [4.78, 5) is 25.7. The van der Waals surface area contributed by atoms with Gasteiger partial charge < -0.3 is 14.4 Å². The number of methoxy groups -OCH3 is 1. The predicted molar refractivity (Wildman–Crippen MR) is 77.6 cm³/mol. The van der Waals surface area contributed by atoms with Gasteiger partial charge in [0.15, 0.2) is 0 Å². The monoisotopic (exact) mass is 301 g/mol. The van der Waals surface area contributed by atoms with Crippen molar-refractivity contribution in [3.8, 4) is 0 Å². The predicted octanol–water partition coefficient (Wildman–Crippen LogP) is 1.45. The fourth-order valence-corrected chi connectivity index (χ4v) is 3.71. The van der Waals surface area contributed by atoms with Crippen LogP contribution in [-0.2, 0) is 19.1 Å². The molecule has 1 aliphatic carbocycles. The van der Waals surface area contributed by atoms with Crippen molar-refractivity contribution in [1.29, 1.82) is 0 Å². The smallest absolute Gasteiger partial charge is 0.318 e. The minimum atomic E-state index is -0.299. The highest BCUT2D eigenvalue weighted by Crippen LogP contribution is 2.29. The average molecular weight is 301 g/mol. The molecule has 0 aromatic heterocycles. The van der Waals surface area contributed by atoms with Gasteiger partial charge in [-0.2, -0.15) is 0 Å². The minimum Gasteiger partial charge on any atom is -0.468 e. The molecule has 1 saturated carbocycles. The third-order valence-electron chi connectivity index (χ3n) is 4.04. The number of carbonyl (C=O) groups is 2. The number of amides is 1. The van der Waals surface area contributed by atoms with Crippen LogP contribution >= 0.6 is 11.8 Å². The van der Waals surface area contributed by atoms with Gasteiger partial charge in [-0.25, -0.2) is 0 Å². The van der Waals surface area contributed by atoms with Gasteiger partial charge in [0.1, 0.15) is 5.25 Å². The molecule has 5 nitrogen and oxygen atoms in total. The molecule has 0 N–H and O–H groups in total. The Labute approximate surface area is 124 Å². The van der Waals surface area contributed by atoms with E-state index in [1.807, 2.05) is 4.90 Å². The Morgan fingerprint density at radius 1 is 1.40 bits per heavy atom. The standard InChI is InChI=1S/C14H23NO4S/c1-10(14(17)18-2)20-9-13(16)15-7-8-19-12-6-4-3-5-11(12)15/h10-12H,3-9H2,1-2H3. The first-order chi connectivity index (χ1) is 9.63. The van der Waals surface area contributed by atoms with Crippen LogP contribution < -0.4 is 0 Å². The van der Waals surface area contributed by atoms with Crippen LogP contribution in [0.1, 0.15) is 32.6 Å². The highest BCUT2D eigenvalue weighted by atomic mass is 32.2. The van der Waals surface area contributed by atoms with Crippen molar-refractivity contribution in [2.75, 3.05) is 26.0 Å². The van der Waals surface area contributed by atoms with Crippen molar-refractivity contribution < 1.29 is 19.1 Å². The van der Waals surface area contributed by atoms with Gasteiger partial charge in [-0.05, 0) is 19.8 Å². The molecular formula is C14H23NO4S. The summed E-state index contributed by atoms with van der Waals surface area (Å²) in [6.45, 7) is 3.07. The van der Waals surface area contributed by atoms with Crippen LogP contribution in [0.5, 0.6) is 0 Å². The topological polar surface area (TPSA) is 55.8 Å². The second kappa shape index (κ2) is 7.31. The van der Waals surface area contributed by atoms with Crippen LogP contribution in [0.2, 0.25) is 0 Å². The zero-order valence-electron chi connectivity index (χ0n) is 12.2. The molecule has 114 valence electrons.